The summed E-state index contributed by atoms with van der Waals surface area (Å²) in [5, 5.41) is 9.75. The molecular weight excluding hydrogens is 244 g/mol. The minimum atomic E-state index is -1.06. The Labute approximate surface area is 113 Å². The number of allylic oxidation sites excluding steroid dienone is 1. The van der Waals surface area contributed by atoms with Gasteiger partial charge in [0.25, 0.3) is 0 Å². The Morgan fingerprint density at radius 3 is 2.84 bits per heavy atom. The van der Waals surface area contributed by atoms with Crippen LogP contribution in [0.5, 0.6) is 0 Å². The van der Waals surface area contributed by atoms with Crippen LogP contribution in [0.25, 0.3) is 0 Å². The summed E-state index contributed by atoms with van der Waals surface area (Å²) >= 11 is 0. The molecule has 1 saturated carbocycles. The third-order valence-corrected chi connectivity index (χ3v) is 3.65. The first kappa shape index (κ1) is 14.0. The number of esters is 1. The molecule has 4 nitrogen and oxygen atoms in total. The van der Waals surface area contributed by atoms with Crippen LogP contribution in [0.15, 0.2) is 11.3 Å². The highest BCUT2D eigenvalue weighted by atomic mass is 16.5. The number of hydrogen-bond donors (Lipinski definition) is 1. The Balaban J connectivity index is 2.35. The van der Waals surface area contributed by atoms with Crippen LogP contribution in [0.1, 0.15) is 40.0 Å². The maximum absolute atomic E-state index is 11.9. The van der Waals surface area contributed by atoms with Gasteiger partial charge in [0.05, 0.1) is 12.7 Å². The lowest BCUT2D eigenvalue weighted by atomic mass is 9.86. The number of rotatable bonds is 1. The van der Waals surface area contributed by atoms with Gasteiger partial charge in [0.15, 0.2) is 5.60 Å². The fraction of sp³-hybridized carbons (Fsp3) is 0.667. The molecular formula is C15H20O4. The quantitative estimate of drug-likeness (QED) is 0.579. The van der Waals surface area contributed by atoms with Gasteiger partial charge in [0, 0.05) is 5.92 Å². The summed E-state index contributed by atoms with van der Waals surface area (Å²) in [5.74, 6) is 6.11. The van der Waals surface area contributed by atoms with Crippen LogP contribution in [0.3, 0.4) is 0 Å². The van der Waals surface area contributed by atoms with Crippen molar-refractivity contribution in [3.05, 3.63) is 11.3 Å². The van der Waals surface area contributed by atoms with Crippen molar-refractivity contribution in [2.75, 3.05) is 7.11 Å². The average Bonchev–Trinajstić information content (AvgIpc) is 2.80. The maximum atomic E-state index is 11.9. The highest BCUT2D eigenvalue weighted by molar-refractivity contribution is 5.90. The Hall–Kier alpha value is -1.47. The van der Waals surface area contributed by atoms with E-state index in [9.17, 15) is 9.90 Å². The van der Waals surface area contributed by atoms with Crippen molar-refractivity contribution in [3.63, 3.8) is 0 Å². The van der Waals surface area contributed by atoms with Crippen molar-refractivity contribution >= 4 is 5.97 Å². The first-order chi connectivity index (χ1) is 8.79. The van der Waals surface area contributed by atoms with Crippen LogP contribution in [-0.4, -0.2) is 29.4 Å². The molecule has 1 aliphatic heterocycles. The van der Waals surface area contributed by atoms with Gasteiger partial charge in [0.2, 0.25) is 0 Å². The largest absolute Gasteiger partial charge is 0.478 e. The van der Waals surface area contributed by atoms with Gasteiger partial charge >= 0.3 is 5.97 Å². The molecule has 0 aromatic carbocycles. The van der Waals surface area contributed by atoms with Gasteiger partial charge in [0.1, 0.15) is 11.4 Å². The van der Waals surface area contributed by atoms with E-state index in [-0.39, 0.29) is 11.9 Å². The van der Waals surface area contributed by atoms with E-state index in [2.05, 4.69) is 11.8 Å². The molecule has 2 aliphatic rings. The normalized spacial score (nSPS) is 29.4. The number of fused-ring (bicyclic) bond motifs is 1. The molecule has 104 valence electrons. The summed E-state index contributed by atoms with van der Waals surface area (Å²) in [7, 11) is 1.38. The van der Waals surface area contributed by atoms with E-state index in [0.717, 1.165) is 19.3 Å². The van der Waals surface area contributed by atoms with Gasteiger partial charge < -0.3 is 14.6 Å². The van der Waals surface area contributed by atoms with Crippen LogP contribution >= 0.6 is 0 Å². The van der Waals surface area contributed by atoms with Crippen LogP contribution in [0, 0.1) is 17.8 Å². The van der Waals surface area contributed by atoms with Crippen LogP contribution < -0.4 is 0 Å². The third kappa shape index (κ3) is 2.48. The molecule has 0 radical (unpaired) electrons. The van der Waals surface area contributed by atoms with Gasteiger partial charge in [-0.15, -0.1) is 0 Å². The summed E-state index contributed by atoms with van der Waals surface area (Å²) in [6.45, 7) is 5.05. The van der Waals surface area contributed by atoms with E-state index < -0.39 is 11.2 Å². The van der Waals surface area contributed by atoms with Crippen LogP contribution in [0.2, 0.25) is 0 Å². The first-order valence-electron chi connectivity index (χ1n) is 6.54. The standard InChI is InChI=1S/C15H20O4/c1-10-12(13(16)18-4)11-6-5-7-15(11,19-10)9-8-14(2,3)17/h11,17H,5-7H2,1-4H3/t11-,15+/m1/s1. The molecule has 4 heteroatoms. The van der Waals surface area contributed by atoms with Crippen molar-refractivity contribution in [2.45, 2.75) is 51.2 Å². The minimum absolute atomic E-state index is 0.0465. The number of hydrogen-bond acceptors (Lipinski definition) is 4. The minimum Gasteiger partial charge on any atom is -0.478 e. The van der Waals surface area contributed by atoms with Crippen LogP contribution in [0.4, 0.5) is 0 Å². The predicted octanol–water partition coefficient (Wildman–Crippen LogP) is 1.78. The van der Waals surface area contributed by atoms with E-state index in [1.807, 2.05) is 0 Å². The number of ether oxygens (including phenoxy) is 2. The van der Waals surface area contributed by atoms with E-state index in [1.165, 1.54) is 7.11 Å². The van der Waals surface area contributed by atoms with Crippen molar-refractivity contribution in [2.24, 2.45) is 5.92 Å². The molecule has 1 fully saturated rings. The third-order valence-electron chi connectivity index (χ3n) is 3.65. The summed E-state index contributed by atoms with van der Waals surface area (Å²) in [5.41, 5.74) is -1.12. The molecule has 0 aromatic rings. The van der Waals surface area contributed by atoms with Crippen molar-refractivity contribution < 1.29 is 19.4 Å². The average molecular weight is 264 g/mol. The molecule has 0 amide bonds. The molecule has 0 spiro atoms. The number of methoxy groups -OCH3 is 1. The van der Waals surface area contributed by atoms with Gasteiger partial charge in [-0.05, 0) is 40.0 Å². The maximum Gasteiger partial charge on any atom is 0.337 e. The highest BCUT2D eigenvalue weighted by Crippen LogP contribution is 2.50. The van der Waals surface area contributed by atoms with Crippen molar-refractivity contribution in [3.8, 4) is 11.8 Å². The predicted molar refractivity (Wildman–Crippen MR) is 69.9 cm³/mol. The van der Waals surface area contributed by atoms with E-state index in [1.54, 1.807) is 20.8 Å². The number of carbonyl (C=O) groups excluding carboxylic acids is 1. The molecule has 1 N–H and O–H groups in total. The summed E-state index contributed by atoms with van der Waals surface area (Å²) in [4.78, 5) is 11.9. The topological polar surface area (TPSA) is 55.8 Å². The lowest BCUT2D eigenvalue weighted by Gasteiger charge is -2.24. The molecule has 0 aromatic heterocycles. The Morgan fingerprint density at radius 2 is 2.26 bits per heavy atom. The highest BCUT2D eigenvalue weighted by Gasteiger charge is 2.53. The Kier molecular flexibility index (Phi) is 3.36. The SMILES string of the molecule is COC(=O)C1=C(C)O[C@]2(C#CC(C)(C)O)CCC[C@H]12. The lowest BCUT2D eigenvalue weighted by molar-refractivity contribution is -0.136. The summed E-state index contributed by atoms with van der Waals surface area (Å²) in [6.07, 6.45) is 2.60. The first-order valence-corrected chi connectivity index (χ1v) is 6.54. The molecule has 0 bridgehead atoms. The number of carbonyl (C=O) groups is 1. The van der Waals surface area contributed by atoms with Gasteiger partial charge in [-0.25, -0.2) is 4.79 Å². The van der Waals surface area contributed by atoms with E-state index >= 15 is 0 Å². The molecule has 0 saturated heterocycles. The van der Waals surface area contributed by atoms with E-state index in [4.69, 9.17) is 9.47 Å². The molecule has 2 rings (SSSR count). The van der Waals surface area contributed by atoms with Gasteiger partial charge in [-0.3, -0.25) is 0 Å². The molecule has 1 heterocycles. The summed E-state index contributed by atoms with van der Waals surface area (Å²) in [6, 6.07) is 0. The Morgan fingerprint density at radius 1 is 1.58 bits per heavy atom. The zero-order valence-electron chi connectivity index (χ0n) is 11.9. The van der Waals surface area contributed by atoms with E-state index in [0.29, 0.717) is 11.3 Å². The molecule has 2 atom stereocenters. The van der Waals surface area contributed by atoms with Crippen LogP contribution in [-0.2, 0) is 14.3 Å². The fourth-order valence-electron chi connectivity index (χ4n) is 2.88. The van der Waals surface area contributed by atoms with Gasteiger partial charge in [-0.2, -0.15) is 0 Å². The lowest BCUT2D eigenvalue weighted by Crippen LogP contribution is -2.32. The zero-order chi connectivity index (χ0) is 14.3. The summed E-state index contributed by atoms with van der Waals surface area (Å²) < 4.78 is 10.7. The van der Waals surface area contributed by atoms with Crippen molar-refractivity contribution in [1.29, 1.82) is 0 Å². The molecule has 0 unspecified atom stereocenters. The van der Waals surface area contributed by atoms with Crippen molar-refractivity contribution in [1.82, 2.24) is 0 Å². The Bertz CT molecular complexity index is 487. The monoisotopic (exact) mass is 264 g/mol. The van der Waals surface area contributed by atoms with Gasteiger partial charge in [-0.1, -0.05) is 11.8 Å². The second-order valence-corrected chi connectivity index (χ2v) is 5.71. The number of aliphatic hydroxyl groups is 1. The fourth-order valence-corrected chi connectivity index (χ4v) is 2.88. The zero-order valence-corrected chi connectivity index (χ0v) is 11.9. The molecule has 1 aliphatic carbocycles. The second kappa shape index (κ2) is 4.57. The smallest absolute Gasteiger partial charge is 0.337 e. The second-order valence-electron chi connectivity index (χ2n) is 5.71. The molecule has 19 heavy (non-hydrogen) atoms.